The van der Waals surface area contributed by atoms with E-state index >= 15 is 0 Å². The van der Waals surface area contributed by atoms with Crippen LogP contribution in [0.1, 0.15) is 78.0 Å². The van der Waals surface area contributed by atoms with Gasteiger partial charge in [-0.1, -0.05) is 94.8 Å². The van der Waals surface area contributed by atoms with E-state index in [-0.39, 0.29) is 17.7 Å². The van der Waals surface area contributed by atoms with Gasteiger partial charge in [-0.2, -0.15) is 0 Å². The van der Waals surface area contributed by atoms with Crippen LogP contribution >= 0.6 is 0 Å². The number of carbonyl (C=O) groups is 3. The van der Waals surface area contributed by atoms with Gasteiger partial charge < -0.3 is 20.3 Å². The Balaban J connectivity index is 2.06. The van der Waals surface area contributed by atoms with Gasteiger partial charge in [0.15, 0.2) is 0 Å². The summed E-state index contributed by atoms with van der Waals surface area (Å²) < 4.78 is 5.50. The van der Waals surface area contributed by atoms with Crippen LogP contribution in [0.4, 0.5) is 10.5 Å². The standard InChI is InChI=1S/C35H45N3O4/c1-8-11-21-38(33(40)30(24(4)9-2)37-34(41)42-35(5,6)7)31(28-18-14-15-25(10-3)22-28)32(39)36-29-20-19-26-16-12-13-17-27(26)23-29/h10,12-20,22-24,30-31H,3,8-9,11,21H2,1-2,4-7H3,(H,36,39)(H,37,41). The predicted molar refractivity (Wildman–Crippen MR) is 171 cm³/mol. The summed E-state index contributed by atoms with van der Waals surface area (Å²) in [5, 5.41) is 7.95. The Morgan fingerprint density at radius 3 is 2.33 bits per heavy atom. The Morgan fingerprint density at radius 2 is 1.69 bits per heavy atom. The summed E-state index contributed by atoms with van der Waals surface area (Å²) in [7, 11) is 0. The van der Waals surface area contributed by atoms with E-state index in [9.17, 15) is 14.4 Å². The van der Waals surface area contributed by atoms with Crippen LogP contribution in [0, 0.1) is 5.92 Å². The zero-order chi connectivity index (χ0) is 30.9. The van der Waals surface area contributed by atoms with Crippen molar-refractivity contribution in [2.24, 2.45) is 5.92 Å². The molecule has 3 amide bonds. The maximum atomic E-state index is 14.4. The van der Waals surface area contributed by atoms with Crippen LogP contribution in [0.15, 0.2) is 73.3 Å². The number of alkyl carbamates (subject to hydrolysis) is 1. The lowest BCUT2D eigenvalue weighted by Gasteiger charge is -2.36. The van der Waals surface area contributed by atoms with Crippen molar-refractivity contribution in [3.05, 3.63) is 84.4 Å². The number of hydrogen-bond acceptors (Lipinski definition) is 4. The molecule has 0 fully saturated rings. The normalized spacial score (nSPS) is 13.5. The van der Waals surface area contributed by atoms with E-state index in [4.69, 9.17) is 4.74 Å². The average molecular weight is 572 g/mol. The number of unbranched alkanes of at least 4 members (excludes halogenated alkanes) is 1. The van der Waals surface area contributed by atoms with Crippen molar-refractivity contribution < 1.29 is 19.1 Å². The Morgan fingerprint density at radius 1 is 0.976 bits per heavy atom. The summed E-state index contributed by atoms with van der Waals surface area (Å²) in [6.07, 6.45) is 3.21. The van der Waals surface area contributed by atoms with Gasteiger partial charge in [-0.3, -0.25) is 9.59 Å². The number of anilines is 1. The Bertz CT molecular complexity index is 1390. The SMILES string of the molecule is C=Cc1cccc(C(C(=O)Nc2ccc3ccccc3c2)N(CCCC)C(=O)C(NC(=O)OC(C)(C)C)C(C)CC)c1. The van der Waals surface area contributed by atoms with Crippen LogP contribution < -0.4 is 10.6 Å². The van der Waals surface area contributed by atoms with Gasteiger partial charge in [0.25, 0.3) is 5.91 Å². The minimum Gasteiger partial charge on any atom is -0.444 e. The summed E-state index contributed by atoms with van der Waals surface area (Å²) in [6.45, 7) is 15.5. The van der Waals surface area contributed by atoms with Crippen LogP contribution in [0.25, 0.3) is 16.8 Å². The van der Waals surface area contributed by atoms with Crippen LogP contribution in [0.2, 0.25) is 0 Å². The van der Waals surface area contributed by atoms with Crippen molar-refractivity contribution in [3.63, 3.8) is 0 Å². The molecule has 0 radical (unpaired) electrons. The molecule has 0 bridgehead atoms. The first kappa shape index (κ1) is 32.4. The van der Waals surface area contributed by atoms with Gasteiger partial charge in [-0.15, -0.1) is 0 Å². The Hall–Kier alpha value is -4.13. The fraction of sp³-hybridized carbons (Fsp3) is 0.400. The lowest BCUT2D eigenvalue weighted by atomic mass is 9.95. The third-order valence-electron chi connectivity index (χ3n) is 7.23. The first-order valence-corrected chi connectivity index (χ1v) is 14.8. The first-order valence-electron chi connectivity index (χ1n) is 14.8. The van der Waals surface area contributed by atoms with Gasteiger partial charge in [-0.05, 0) is 73.2 Å². The minimum absolute atomic E-state index is 0.196. The zero-order valence-electron chi connectivity index (χ0n) is 25.8. The summed E-state index contributed by atoms with van der Waals surface area (Å²) >= 11 is 0. The summed E-state index contributed by atoms with van der Waals surface area (Å²) in [5.41, 5.74) is 1.42. The molecule has 3 aromatic carbocycles. The highest BCUT2D eigenvalue weighted by Crippen LogP contribution is 2.28. The first-order chi connectivity index (χ1) is 20.0. The lowest BCUT2D eigenvalue weighted by Crippen LogP contribution is -2.55. The molecule has 3 unspecified atom stereocenters. The summed E-state index contributed by atoms with van der Waals surface area (Å²) in [5.74, 6) is -0.861. The van der Waals surface area contributed by atoms with Gasteiger partial charge in [0.05, 0.1) is 0 Å². The average Bonchev–Trinajstić information content (AvgIpc) is 2.96. The van der Waals surface area contributed by atoms with Crippen molar-refractivity contribution in [2.45, 2.75) is 78.5 Å². The van der Waals surface area contributed by atoms with E-state index in [0.717, 1.165) is 22.8 Å². The molecular weight excluding hydrogens is 526 g/mol. The molecule has 0 aliphatic heterocycles. The van der Waals surface area contributed by atoms with Crippen LogP contribution in [0.5, 0.6) is 0 Å². The molecule has 0 saturated heterocycles. The number of ether oxygens (including phenoxy) is 1. The number of carbonyl (C=O) groups excluding carboxylic acids is 3. The molecule has 0 heterocycles. The van der Waals surface area contributed by atoms with Gasteiger partial charge >= 0.3 is 6.09 Å². The highest BCUT2D eigenvalue weighted by Gasteiger charge is 2.38. The number of hydrogen-bond donors (Lipinski definition) is 2. The summed E-state index contributed by atoms with van der Waals surface area (Å²) in [6, 6.07) is 19.4. The number of fused-ring (bicyclic) bond motifs is 1. The second-order valence-corrected chi connectivity index (χ2v) is 11.7. The largest absolute Gasteiger partial charge is 0.444 e. The molecule has 3 atom stereocenters. The number of amides is 3. The van der Waals surface area contributed by atoms with E-state index in [2.05, 4.69) is 17.2 Å². The molecule has 0 aliphatic carbocycles. The summed E-state index contributed by atoms with van der Waals surface area (Å²) in [4.78, 5) is 43.0. The van der Waals surface area contributed by atoms with Crippen molar-refractivity contribution >= 4 is 40.4 Å². The zero-order valence-corrected chi connectivity index (χ0v) is 25.8. The van der Waals surface area contributed by atoms with Crippen molar-refractivity contribution in [1.29, 1.82) is 0 Å². The van der Waals surface area contributed by atoms with Gasteiger partial charge in [-0.25, -0.2) is 4.79 Å². The topological polar surface area (TPSA) is 87.7 Å². The Kier molecular flexibility index (Phi) is 11.3. The van der Waals surface area contributed by atoms with Crippen molar-refractivity contribution in [3.8, 4) is 0 Å². The molecule has 2 N–H and O–H groups in total. The second kappa shape index (κ2) is 14.7. The fourth-order valence-electron chi connectivity index (χ4n) is 4.80. The minimum atomic E-state index is -0.942. The van der Waals surface area contributed by atoms with E-state index in [1.165, 1.54) is 0 Å². The van der Waals surface area contributed by atoms with E-state index < -0.39 is 23.8 Å². The van der Waals surface area contributed by atoms with E-state index in [0.29, 0.717) is 30.6 Å². The van der Waals surface area contributed by atoms with Crippen molar-refractivity contribution in [2.75, 3.05) is 11.9 Å². The van der Waals surface area contributed by atoms with Gasteiger partial charge in [0, 0.05) is 12.2 Å². The maximum absolute atomic E-state index is 14.4. The number of benzene rings is 3. The van der Waals surface area contributed by atoms with Gasteiger partial charge in [0.2, 0.25) is 5.91 Å². The third-order valence-corrected chi connectivity index (χ3v) is 7.23. The molecular formula is C35H45N3O4. The molecule has 224 valence electrons. The monoisotopic (exact) mass is 571 g/mol. The molecule has 0 saturated carbocycles. The second-order valence-electron chi connectivity index (χ2n) is 11.7. The highest BCUT2D eigenvalue weighted by atomic mass is 16.6. The van der Waals surface area contributed by atoms with E-state index in [1.54, 1.807) is 31.7 Å². The molecule has 3 aromatic rings. The molecule has 7 nitrogen and oxygen atoms in total. The molecule has 0 spiro atoms. The maximum Gasteiger partial charge on any atom is 0.408 e. The van der Waals surface area contributed by atoms with Crippen molar-refractivity contribution in [1.82, 2.24) is 10.2 Å². The predicted octanol–water partition coefficient (Wildman–Crippen LogP) is 7.73. The smallest absolute Gasteiger partial charge is 0.408 e. The number of nitrogens with zero attached hydrogens (tertiary/aromatic N) is 1. The number of nitrogens with one attached hydrogen (secondary N) is 2. The quantitative estimate of drug-likeness (QED) is 0.233. The molecule has 42 heavy (non-hydrogen) atoms. The molecule has 3 rings (SSSR count). The highest BCUT2D eigenvalue weighted by molar-refractivity contribution is 6.00. The van der Waals surface area contributed by atoms with Gasteiger partial charge in [0.1, 0.15) is 17.7 Å². The third kappa shape index (κ3) is 8.68. The molecule has 0 aliphatic rings. The van der Waals surface area contributed by atoms with Crippen LogP contribution in [0.3, 0.4) is 0 Å². The Labute approximate surface area is 250 Å². The number of rotatable bonds is 12. The van der Waals surface area contributed by atoms with E-state index in [1.807, 2.05) is 87.5 Å². The lowest BCUT2D eigenvalue weighted by molar-refractivity contribution is -0.142. The van der Waals surface area contributed by atoms with Crippen LogP contribution in [-0.2, 0) is 14.3 Å². The molecule has 0 aromatic heterocycles. The molecule has 7 heteroatoms. The fourth-order valence-corrected chi connectivity index (χ4v) is 4.80. The van der Waals surface area contributed by atoms with Crippen LogP contribution in [-0.4, -0.2) is 41.0 Å².